The van der Waals surface area contributed by atoms with E-state index in [1.807, 2.05) is 17.8 Å². The number of anilines is 2. The number of hydrogen-bond donors (Lipinski definition) is 1. The van der Waals surface area contributed by atoms with E-state index < -0.39 is 0 Å². The monoisotopic (exact) mass is 367 g/mol. The zero-order valence-corrected chi connectivity index (χ0v) is 14.9. The average Bonchev–Trinajstić information content (AvgIpc) is 2.98. The van der Waals surface area contributed by atoms with Crippen LogP contribution in [0.3, 0.4) is 0 Å². The number of imidazole rings is 1. The quantitative estimate of drug-likeness (QED) is 0.901. The molecule has 24 heavy (non-hydrogen) atoms. The summed E-state index contributed by atoms with van der Waals surface area (Å²) in [5.41, 5.74) is 0.654. The Bertz CT molecular complexity index is 725. The Kier molecular flexibility index (Phi) is 5.28. The van der Waals surface area contributed by atoms with Crippen molar-refractivity contribution in [2.45, 2.75) is 0 Å². The minimum Gasteiger partial charge on any atom is -0.340 e. The highest BCUT2D eigenvalue weighted by Gasteiger charge is 2.21. The van der Waals surface area contributed by atoms with E-state index in [4.69, 9.17) is 23.2 Å². The van der Waals surface area contributed by atoms with E-state index in [9.17, 15) is 4.79 Å². The van der Waals surface area contributed by atoms with Crippen molar-refractivity contribution >= 4 is 40.7 Å². The van der Waals surface area contributed by atoms with Crippen molar-refractivity contribution in [3.8, 4) is 0 Å². The molecule has 1 N–H and O–H groups in total. The molecule has 0 aliphatic carbocycles. The second-order valence-corrected chi connectivity index (χ2v) is 6.59. The van der Waals surface area contributed by atoms with Gasteiger partial charge in [-0.25, -0.2) is 4.98 Å². The minimum atomic E-state index is -0.0566. The summed E-state index contributed by atoms with van der Waals surface area (Å²) in [6, 6.07) is 5.07. The summed E-state index contributed by atoms with van der Waals surface area (Å²) >= 11 is 11.8. The Labute approximate surface area is 151 Å². The van der Waals surface area contributed by atoms with Gasteiger partial charge in [-0.05, 0) is 18.2 Å². The molecule has 0 spiro atoms. The molecule has 1 aliphatic heterocycles. The van der Waals surface area contributed by atoms with Gasteiger partial charge >= 0.3 is 0 Å². The number of amides is 1. The van der Waals surface area contributed by atoms with Gasteiger partial charge in [-0.2, -0.15) is 0 Å². The number of hydrogen-bond acceptors (Lipinski definition) is 4. The summed E-state index contributed by atoms with van der Waals surface area (Å²) in [4.78, 5) is 20.9. The van der Waals surface area contributed by atoms with E-state index in [1.54, 1.807) is 24.4 Å². The molecule has 6 nitrogen and oxygen atoms in total. The number of rotatable bonds is 4. The predicted octanol–water partition coefficient (Wildman–Crippen LogP) is 2.49. The summed E-state index contributed by atoms with van der Waals surface area (Å²) < 4.78 is 2.01. The maximum atomic E-state index is 12.2. The van der Waals surface area contributed by atoms with E-state index in [1.165, 1.54) is 0 Å². The lowest BCUT2D eigenvalue weighted by Crippen LogP contribution is -2.49. The predicted molar refractivity (Wildman–Crippen MR) is 97.0 cm³/mol. The summed E-state index contributed by atoms with van der Waals surface area (Å²) in [5.74, 6) is 0.911. The van der Waals surface area contributed by atoms with Crippen LogP contribution in [0, 0.1) is 0 Å². The number of benzene rings is 1. The van der Waals surface area contributed by atoms with Gasteiger partial charge in [0, 0.05) is 51.3 Å². The van der Waals surface area contributed by atoms with Crippen molar-refractivity contribution in [2.75, 3.05) is 42.9 Å². The fraction of sp³-hybridized carbons (Fsp3) is 0.375. The van der Waals surface area contributed by atoms with Crippen molar-refractivity contribution in [3.05, 3.63) is 40.6 Å². The van der Waals surface area contributed by atoms with E-state index in [0.717, 1.165) is 32.1 Å². The van der Waals surface area contributed by atoms with Gasteiger partial charge in [-0.15, -0.1) is 0 Å². The molecular formula is C16H19Cl2N5O. The topological polar surface area (TPSA) is 53.4 Å². The lowest BCUT2D eigenvalue weighted by molar-refractivity contribution is -0.117. The smallest absolute Gasteiger partial charge is 0.238 e. The Morgan fingerprint density at radius 1 is 1.21 bits per heavy atom. The molecule has 2 aromatic rings. The molecule has 128 valence electrons. The van der Waals surface area contributed by atoms with Crippen molar-refractivity contribution in [3.63, 3.8) is 0 Å². The number of nitrogens with zero attached hydrogens (tertiary/aromatic N) is 4. The maximum absolute atomic E-state index is 12.2. The summed E-state index contributed by atoms with van der Waals surface area (Å²) in [6.45, 7) is 3.70. The van der Waals surface area contributed by atoms with Crippen molar-refractivity contribution < 1.29 is 4.79 Å². The van der Waals surface area contributed by atoms with Crippen LogP contribution in [-0.2, 0) is 11.8 Å². The van der Waals surface area contributed by atoms with Crippen LogP contribution in [0.5, 0.6) is 0 Å². The molecule has 8 heteroatoms. The number of carbonyl (C=O) groups is 1. The molecule has 0 saturated carbocycles. The molecule has 1 amide bonds. The van der Waals surface area contributed by atoms with Crippen molar-refractivity contribution in [1.29, 1.82) is 0 Å². The van der Waals surface area contributed by atoms with Crippen LogP contribution in [0.1, 0.15) is 0 Å². The van der Waals surface area contributed by atoms with Gasteiger partial charge < -0.3 is 14.8 Å². The van der Waals surface area contributed by atoms with Gasteiger partial charge in [0.05, 0.1) is 16.6 Å². The summed E-state index contributed by atoms with van der Waals surface area (Å²) in [7, 11) is 1.99. The van der Waals surface area contributed by atoms with Gasteiger partial charge in [0.25, 0.3) is 0 Å². The SMILES string of the molecule is Cn1ccnc1N1CCN(CC(=O)Nc2ccc(Cl)c(Cl)c2)CC1. The fourth-order valence-electron chi connectivity index (χ4n) is 2.75. The van der Waals surface area contributed by atoms with Crippen molar-refractivity contribution in [1.82, 2.24) is 14.5 Å². The van der Waals surface area contributed by atoms with E-state index >= 15 is 0 Å². The average molecular weight is 368 g/mol. The fourth-order valence-corrected chi connectivity index (χ4v) is 3.04. The van der Waals surface area contributed by atoms with Crippen molar-refractivity contribution in [2.24, 2.45) is 7.05 Å². The molecule has 0 atom stereocenters. The molecule has 1 fully saturated rings. The Morgan fingerprint density at radius 3 is 2.58 bits per heavy atom. The van der Waals surface area contributed by atoms with E-state index in [-0.39, 0.29) is 5.91 Å². The zero-order chi connectivity index (χ0) is 17.1. The minimum absolute atomic E-state index is 0.0566. The molecule has 0 radical (unpaired) electrons. The molecule has 0 bridgehead atoms. The lowest BCUT2D eigenvalue weighted by Gasteiger charge is -2.34. The number of aryl methyl sites for hydroxylation is 1. The number of halogens is 2. The Morgan fingerprint density at radius 2 is 1.96 bits per heavy atom. The molecule has 1 aromatic carbocycles. The van der Waals surface area contributed by atoms with Crippen LogP contribution in [0.4, 0.5) is 11.6 Å². The highest BCUT2D eigenvalue weighted by atomic mass is 35.5. The first-order valence-corrected chi connectivity index (χ1v) is 8.48. The van der Waals surface area contributed by atoms with Gasteiger partial charge in [0.15, 0.2) is 0 Å². The zero-order valence-electron chi connectivity index (χ0n) is 13.4. The largest absolute Gasteiger partial charge is 0.340 e. The second-order valence-electron chi connectivity index (χ2n) is 5.78. The first-order valence-electron chi connectivity index (χ1n) is 7.72. The van der Waals surface area contributed by atoms with Crippen LogP contribution < -0.4 is 10.2 Å². The lowest BCUT2D eigenvalue weighted by atomic mass is 10.3. The first-order chi connectivity index (χ1) is 11.5. The van der Waals surface area contributed by atoms with E-state index in [2.05, 4.69) is 20.1 Å². The standard InChI is InChI=1S/C16H19Cl2N5O/c1-21-5-4-19-16(21)23-8-6-22(7-9-23)11-15(24)20-12-2-3-13(17)14(18)10-12/h2-5,10H,6-9,11H2,1H3,(H,20,24). The third kappa shape index (κ3) is 4.01. The van der Waals surface area contributed by atoms with Gasteiger partial charge in [-0.1, -0.05) is 23.2 Å². The third-order valence-corrected chi connectivity index (χ3v) is 4.76. The highest BCUT2D eigenvalue weighted by Crippen LogP contribution is 2.25. The molecule has 1 aliphatic rings. The summed E-state index contributed by atoms with van der Waals surface area (Å²) in [6.07, 6.45) is 3.73. The van der Waals surface area contributed by atoms with Gasteiger partial charge in [-0.3, -0.25) is 9.69 Å². The molecule has 3 rings (SSSR count). The Balaban J connectivity index is 1.49. The van der Waals surface area contributed by atoms with Crippen LogP contribution >= 0.6 is 23.2 Å². The maximum Gasteiger partial charge on any atom is 0.238 e. The number of nitrogens with one attached hydrogen (secondary N) is 1. The van der Waals surface area contributed by atoms with Gasteiger partial charge in [0.1, 0.15) is 0 Å². The number of carbonyl (C=O) groups excluding carboxylic acids is 1. The second kappa shape index (κ2) is 7.42. The normalized spacial score (nSPS) is 15.5. The molecule has 1 saturated heterocycles. The molecular weight excluding hydrogens is 349 g/mol. The number of aromatic nitrogens is 2. The van der Waals surface area contributed by atoms with Crippen LogP contribution in [0.15, 0.2) is 30.6 Å². The molecule has 1 aromatic heterocycles. The van der Waals surface area contributed by atoms with E-state index in [0.29, 0.717) is 22.3 Å². The Hall–Kier alpha value is -1.76. The molecule has 0 unspecified atom stereocenters. The van der Waals surface area contributed by atoms with Crippen LogP contribution in [0.25, 0.3) is 0 Å². The third-order valence-electron chi connectivity index (χ3n) is 4.02. The molecule has 2 heterocycles. The van der Waals surface area contributed by atoms with Crippen LogP contribution in [-0.4, -0.2) is 53.1 Å². The van der Waals surface area contributed by atoms with Gasteiger partial charge in [0.2, 0.25) is 11.9 Å². The number of piperazine rings is 1. The highest BCUT2D eigenvalue weighted by molar-refractivity contribution is 6.42. The first kappa shape index (κ1) is 17.1. The van der Waals surface area contributed by atoms with Crippen LogP contribution in [0.2, 0.25) is 10.0 Å². The summed E-state index contributed by atoms with van der Waals surface area (Å²) in [5, 5.41) is 3.75.